The van der Waals surface area contributed by atoms with Crippen LogP contribution in [0.5, 0.6) is 0 Å². The third-order valence-corrected chi connectivity index (χ3v) is 6.56. The first-order valence-electron chi connectivity index (χ1n) is 10.4. The molecule has 1 aliphatic heterocycles. The maximum atomic E-state index is 12.6. The highest BCUT2D eigenvalue weighted by Crippen LogP contribution is 2.34. The summed E-state index contributed by atoms with van der Waals surface area (Å²) in [6, 6.07) is 23.4. The Labute approximate surface area is 201 Å². The van der Waals surface area contributed by atoms with Crippen LogP contribution in [0.25, 0.3) is 17.0 Å². The Balaban J connectivity index is 1.60. The number of benzene rings is 3. The highest BCUT2D eigenvalue weighted by Gasteiger charge is 2.25. The van der Waals surface area contributed by atoms with Crippen LogP contribution in [0, 0.1) is 13.8 Å². The summed E-state index contributed by atoms with van der Waals surface area (Å²) in [5, 5.41) is 2.41. The molecule has 0 bridgehead atoms. The average molecular weight is 471 g/mol. The first kappa shape index (κ1) is 21.4. The van der Waals surface area contributed by atoms with E-state index in [9.17, 15) is 4.79 Å². The van der Waals surface area contributed by atoms with Crippen molar-refractivity contribution in [1.82, 2.24) is 4.98 Å². The summed E-state index contributed by atoms with van der Waals surface area (Å²) in [6.45, 7) is 4.11. The van der Waals surface area contributed by atoms with Gasteiger partial charge in [0.25, 0.3) is 0 Å². The minimum absolute atomic E-state index is 0.236. The molecule has 1 aromatic heterocycles. The van der Waals surface area contributed by atoms with Gasteiger partial charge in [0.15, 0.2) is 5.70 Å². The Hall–Kier alpha value is -3.41. The van der Waals surface area contributed by atoms with Crippen LogP contribution in [-0.4, -0.2) is 16.9 Å². The lowest BCUT2D eigenvalue weighted by Crippen LogP contribution is -2.05. The summed E-state index contributed by atoms with van der Waals surface area (Å²) < 4.78 is 5.42. The van der Waals surface area contributed by atoms with Crippen LogP contribution in [-0.2, 0) is 9.53 Å². The second-order valence-electron chi connectivity index (χ2n) is 7.79. The van der Waals surface area contributed by atoms with E-state index in [1.54, 1.807) is 42.1 Å². The van der Waals surface area contributed by atoms with Gasteiger partial charge in [-0.15, -0.1) is 0 Å². The van der Waals surface area contributed by atoms with Crippen molar-refractivity contribution in [2.24, 2.45) is 4.99 Å². The van der Waals surface area contributed by atoms with Crippen LogP contribution < -0.4 is 0 Å². The monoisotopic (exact) mass is 470 g/mol. The number of aromatic nitrogens is 1. The van der Waals surface area contributed by atoms with Crippen molar-refractivity contribution in [3.8, 4) is 0 Å². The highest BCUT2D eigenvalue weighted by atomic mass is 35.5. The van der Waals surface area contributed by atoms with E-state index in [0.29, 0.717) is 10.6 Å². The number of carbonyl (C=O) groups excluding carboxylic acids is 1. The molecule has 5 rings (SSSR count). The maximum Gasteiger partial charge on any atom is 0.363 e. The van der Waals surface area contributed by atoms with Crippen LogP contribution in [0.4, 0.5) is 0 Å². The molecule has 0 saturated heterocycles. The average Bonchev–Trinajstić information content (AvgIpc) is 3.17. The zero-order chi connectivity index (χ0) is 22.9. The number of cyclic esters (lactones) is 1. The molecular formula is C27H19ClN2O2S. The van der Waals surface area contributed by atoms with Crippen molar-refractivity contribution in [2.75, 3.05) is 0 Å². The van der Waals surface area contributed by atoms with Gasteiger partial charge in [-0.1, -0.05) is 59.3 Å². The standard InChI is InChI=1S/C27H19ClN2O2S/c1-16-6-12-22(13-7-16)33-26-20(14-19-5-3-4-17(2)24(19)30-26)15-23-27(31)32-25(29-23)18-8-10-21(28)11-9-18/h3-15H,1-2H3/b23-15+. The number of para-hydroxylation sites is 1. The molecule has 0 N–H and O–H groups in total. The smallest absolute Gasteiger partial charge is 0.363 e. The number of hydrogen-bond acceptors (Lipinski definition) is 5. The van der Waals surface area contributed by atoms with Gasteiger partial charge >= 0.3 is 5.97 Å². The molecular weight excluding hydrogens is 452 g/mol. The van der Waals surface area contributed by atoms with E-state index < -0.39 is 5.97 Å². The minimum Gasteiger partial charge on any atom is -0.402 e. The van der Waals surface area contributed by atoms with Crippen molar-refractivity contribution in [3.63, 3.8) is 0 Å². The summed E-state index contributed by atoms with van der Waals surface area (Å²) in [4.78, 5) is 23.1. The van der Waals surface area contributed by atoms with Gasteiger partial charge in [-0.3, -0.25) is 0 Å². The van der Waals surface area contributed by atoms with Crippen molar-refractivity contribution in [2.45, 2.75) is 23.8 Å². The summed E-state index contributed by atoms with van der Waals surface area (Å²) >= 11 is 7.52. The number of aliphatic imine (C=N–C) groups is 1. The Kier molecular flexibility index (Phi) is 5.75. The highest BCUT2D eigenvalue weighted by molar-refractivity contribution is 7.99. The summed E-state index contributed by atoms with van der Waals surface area (Å²) in [6.07, 6.45) is 1.75. The molecule has 162 valence electrons. The molecule has 1 aliphatic rings. The second kappa shape index (κ2) is 8.85. The number of halogens is 1. The van der Waals surface area contributed by atoms with Crippen LogP contribution in [0.3, 0.4) is 0 Å². The normalized spacial score (nSPS) is 14.6. The zero-order valence-electron chi connectivity index (χ0n) is 18.0. The fraction of sp³-hybridized carbons (Fsp3) is 0.0741. The molecule has 6 heteroatoms. The van der Waals surface area contributed by atoms with Crippen molar-refractivity contribution < 1.29 is 9.53 Å². The Morgan fingerprint density at radius 3 is 2.48 bits per heavy atom. The molecule has 0 saturated carbocycles. The van der Waals surface area contributed by atoms with Gasteiger partial charge in [0.2, 0.25) is 5.90 Å². The summed E-state index contributed by atoms with van der Waals surface area (Å²) in [5.74, 6) is -0.226. The number of hydrogen-bond donors (Lipinski definition) is 0. The fourth-order valence-corrected chi connectivity index (χ4v) is 4.52. The minimum atomic E-state index is -0.490. The molecule has 0 spiro atoms. The molecule has 3 aromatic carbocycles. The predicted molar refractivity (Wildman–Crippen MR) is 134 cm³/mol. The largest absolute Gasteiger partial charge is 0.402 e. The third-order valence-electron chi connectivity index (χ3n) is 5.28. The number of carbonyl (C=O) groups is 1. The molecule has 0 amide bonds. The Bertz CT molecular complexity index is 1440. The Morgan fingerprint density at radius 2 is 1.73 bits per heavy atom. The van der Waals surface area contributed by atoms with Crippen molar-refractivity contribution >= 4 is 52.2 Å². The second-order valence-corrected chi connectivity index (χ2v) is 9.29. The lowest BCUT2D eigenvalue weighted by Gasteiger charge is -2.10. The van der Waals surface area contributed by atoms with E-state index in [2.05, 4.69) is 36.2 Å². The molecule has 0 fully saturated rings. The van der Waals surface area contributed by atoms with Gasteiger partial charge < -0.3 is 4.74 Å². The lowest BCUT2D eigenvalue weighted by molar-refractivity contribution is -0.129. The van der Waals surface area contributed by atoms with Crippen LogP contribution >= 0.6 is 23.4 Å². The topological polar surface area (TPSA) is 51.6 Å². The van der Waals surface area contributed by atoms with Gasteiger partial charge in [-0.2, -0.15) is 0 Å². The maximum absolute atomic E-state index is 12.6. The number of rotatable bonds is 4. The van der Waals surface area contributed by atoms with Gasteiger partial charge in [-0.25, -0.2) is 14.8 Å². The Morgan fingerprint density at radius 1 is 0.970 bits per heavy atom. The molecule has 4 aromatic rings. The quantitative estimate of drug-likeness (QED) is 0.238. The van der Waals surface area contributed by atoms with Crippen molar-refractivity contribution in [1.29, 1.82) is 0 Å². The van der Waals surface area contributed by atoms with Crippen LogP contribution in [0.1, 0.15) is 22.3 Å². The number of nitrogens with zero attached hydrogens (tertiary/aromatic N) is 2. The lowest BCUT2D eigenvalue weighted by atomic mass is 10.1. The van der Waals surface area contributed by atoms with E-state index in [1.807, 2.05) is 31.2 Å². The first-order valence-corrected chi connectivity index (χ1v) is 11.6. The number of aryl methyl sites for hydroxylation is 2. The molecule has 0 unspecified atom stereocenters. The van der Waals surface area contributed by atoms with Crippen LogP contribution in [0.2, 0.25) is 5.02 Å². The number of ether oxygens (including phenoxy) is 1. The van der Waals surface area contributed by atoms with E-state index in [1.165, 1.54) is 5.56 Å². The van der Waals surface area contributed by atoms with Gasteiger partial charge in [-0.05, 0) is 68.0 Å². The number of esters is 1. The summed E-state index contributed by atoms with van der Waals surface area (Å²) in [5.41, 5.74) is 4.97. The van der Waals surface area contributed by atoms with Gasteiger partial charge in [0, 0.05) is 26.4 Å². The van der Waals surface area contributed by atoms with Gasteiger partial charge in [0.1, 0.15) is 5.03 Å². The SMILES string of the molecule is Cc1ccc(Sc2nc3c(C)cccc3cc2/C=C2/N=C(c3ccc(Cl)cc3)OC2=O)cc1. The molecule has 33 heavy (non-hydrogen) atoms. The van der Waals surface area contributed by atoms with E-state index in [-0.39, 0.29) is 11.6 Å². The van der Waals surface area contributed by atoms with E-state index in [0.717, 1.165) is 32.0 Å². The molecule has 0 aliphatic carbocycles. The number of fused-ring (bicyclic) bond motifs is 1. The molecule has 0 radical (unpaired) electrons. The fourth-order valence-electron chi connectivity index (χ4n) is 3.52. The molecule has 2 heterocycles. The first-order chi connectivity index (χ1) is 16.0. The molecule has 4 nitrogen and oxygen atoms in total. The molecule has 0 atom stereocenters. The zero-order valence-corrected chi connectivity index (χ0v) is 19.6. The predicted octanol–water partition coefficient (Wildman–Crippen LogP) is 7.00. The van der Waals surface area contributed by atoms with Crippen molar-refractivity contribution in [3.05, 3.63) is 106 Å². The summed E-state index contributed by atoms with van der Waals surface area (Å²) in [7, 11) is 0. The number of pyridine rings is 1. The van der Waals surface area contributed by atoms with Crippen LogP contribution in [0.15, 0.2) is 93.4 Å². The third kappa shape index (κ3) is 4.56. The van der Waals surface area contributed by atoms with E-state index in [4.69, 9.17) is 21.3 Å². The van der Waals surface area contributed by atoms with Gasteiger partial charge in [0.05, 0.1) is 5.52 Å². The van der Waals surface area contributed by atoms with E-state index >= 15 is 0 Å².